The number of hydrogen-bond donors (Lipinski definition) is 1. The molecule has 2 aromatic carbocycles. The van der Waals surface area contributed by atoms with E-state index in [1.165, 1.54) is 0 Å². The largest absolute Gasteiger partial charge is 0.494 e. The van der Waals surface area contributed by atoms with Gasteiger partial charge in [0.05, 0.1) is 6.61 Å². The van der Waals surface area contributed by atoms with Gasteiger partial charge in [-0.1, -0.05) is 22.0 Å². The highest BCUT2D eigenvalue weighted by Crippen LogP contribution is 2.32. The maximum Gasteiger partial charge on any atom is 0.224 e. The molecule has 1 N–H and O–H groups in total. The van der Waals surface area contributed by atoms with Gasteiger partial charge in [0.15, 0.2) is 11.5 Å². The summed E-state index contributed by atoms with van der Waals surface area (Å²) in [5, 5.41) is 2.86. The number of nitrogens with one attached hydrogen (secondary N) is 1. The normalized spacial score (nSPS) is 12.5. The number of carbonyl (C=O) groups is 1. The Morgan fingerprint density at radius 3 is 2.79 bits per heavy atom. The van der Waals surface area contributed by atoms with Gasteiger partial charge in [-0.2, -0.15) is 0 Å². The minimum absolute atomic E-state index is 0.0514. The Bertz CT molecular complexity index is 720. The quantitative estimate of drug-likeness (QED) is 0.755. The van der Waals surface area contributed by atoms with Crippen LogP contribution >= 0.6 is 15.9 Å². The molecule has 2 aromatic rings. The van der Waals surface area contributed by atoms with Crippen molar-refractivity contribution in [3.63, 3.8) is 0 Å². The van der Waals surface area contributed by atoms with Gasteiger partial charge in [0, 0.05) is 22.6 Å². The summed E-state index contributed by atoms with van der Waals surface area (Å²) in [5.41, 5.74) is 0.706. The molecule has 0 saturated heterocycles. The molecule has 1 aliphatic rings. The number of carbonyl (C=O) groups excluding carboxylic acids is 1. The van der Waals surface area contributed by atoms with Gasteiger partial charge < -0.3 is 19.5 Å². The number of halogens is 1. The van der Waals surface area contributed by atoms with Crippen LogP contribution in [-0.4, -0.2) is 25.7 Å². The van der Waals surface area contributed by atoms with Gasteiger partial charge in [0.1, 0.15) is 19.0 Å². The fraction of sp³-hybridized carbons (Fsp3) is 0.278. The van der Waals surface area contributed by atoms with Crippen molar-refractivity contribution in [1.29, 1.82) is 0 Å². The van der Waals surface area contributed by atoms with E-state index in [0.29, 0.717) is 49.8 Å². The number of amides is 1. The molecule has 0 aromatic heterocycles. The first-order valence-electron chi connectivity index (χ1n) is 7.78. The van der Waals surface area contributed by atoms with Crippen LogP contribution in [0.15, 0.2) is 46.9 Å². The van der Waals surface area contributed by atoms with Crippen LogP contribution in [0.4, 0.5) is 5.69 Å². The molecule has 24 heavy (non-hydrogen) atoms. The summed E-state index contributed by atoms with van der Waals surface area (Å²) < 4.78 is 17.5. The summed E-state index contributed by atoms with van der Waals surface area (Å²) in [7, 11) is 0. The lowest BCUT2D eigenvalue weighted by molar-refractivity contribution is -0.116. The molecule has 1 heterocycles. The Morgan fingerprint density at radius 1 is 1.12 bits per heavy atom. The number of rotatable bonds is 6. The van der Waals surface area contributed by atoms with Gasteiger partial charge in [-0.3, -0.25) is 4.79 Å². The smallest absolute Gasteiger partial charge is 0.224 e. The molecule has 0 fully saturated rings. The molecule has 0 aliphatic carbocycles. The van der Waals surface area contributed by atoms with Crippen LogP contribution in [-0.2, 0) is 4.79 Å². The second-order valence-electron chi connectivity index (χ2n) is 5.32. The van der Waals surface area contributed by atoms with E-state index in [9.17, 15) is 4.79 Å². The summed E-state index contributed by atoms with van der Waals surface area (Å²) in [6.07, 6.45) is 1.03. The second-order valence-corrected chi connectivity index (χ2v) is 6.23. The first-order chi connectivity index (χ1) is 11.7. The van der Waals surface area contributed by atoms with Gasteiger partial charge in [0.25, 0.3) is 0 Å². The van der Waals surface area contributed by atoms with Crippen molar-refractivity contribution in [1.82, 2.24) is 0 Å². The van der Waals surface area contributed by atoms with Crippen molar-refractivity contribution in [2.45, 2.75) is 12.8 Å². The van der Waals surface area contributed by atoms with Gasteiger partial charge in [-0.15, -0.1) is 0 Å². The van der Waals surface area contributed by atoms with E-state index < -0.39 is 0 Å². The Labute approximate surface area is 149 Å². The summed E-state index contributed by atoms with van der Waals surface area (Å²) in [6, 6.07) is 13.0. The van der Waals surface area contributed by atoms with Crippen LogP contribution in [0.25, 0.3) is 0 Å². The molecule has 5 nitrogen and oxygen atoms in total. The second kappa shape index (κ2) is 8.06. The topological polar surface area (TPSA) is 56.8 Å². The molecule has 3 rings (SSSR count). The first kappa shape index (κ1) is 16.6. The van der Waals surface area contributed by atoms with Crippen molar-refractivity contribution < 1.29 is 19.0 Å². The fourth-order valence-electron chi connectivity index (χ4n) is 2.32. The zero-order chi connectivity index (χ0) is 16.8. The SMILES string of the molecule is O=C(CCCOc1cccc(Br)c1)Nc1ccc2c(c1)OCCO2. The van der Waals surface area contributed by atoms with Crippen molar-refractivity contribution in [2.75, 3.05) is 25.1 Å². The summed E-state index contributed by atoms with van der Waals surface area (Å²) in [6.45, 7) is 1.57. The van der Waals surface area contributed by atoms with E-state index in [-0.39, 0.29) is 5.91 Å². The Balaban J connectivity index is 1.42. The standard InChI is InChI=1S/C18H18BrNO4/c19-13-3-1-4-15(11-13)22-8-2-5-18(21)20-14-6-7-16-17(12-14)24-10-9-23-16/h1,3-4,6-7,11-12H,2,5,8-10H2,(H,20,21). The fourth-order valence-corrected chi connectivity index (χ4v) is 2.70. The molecule has 126 valence electrons. The van der Waals surface area contributed by atoms with Crippen LogP contribution in [0, 0.1) is 0 Å². The lowest BCUT2D eigenvalue weighted by Gasteiger charge is -2.19. The molecule has 0 saturated carbocycles. The molecule has 0 atom stereocenters. The van der Waals surface area contributed by atoms with Gasteiger partial charge in [-0.25, -0.2) is 0 Å². The highest BCUT2D eigenvalue weighted by Gasteiger charge is 2.12. The van der Waals surface area contributed by atoms with Gasteiger partial charge >= 0.3 is 0 Å². The van der Waals surface area contributed by atoms with Crippen LogP contribution < -0.4 is 19.5 Å². The molecular weight excluding hydrogens is 374 g/mol. The van der Waals surface area contributed by atoms with Crippen molar-refractivity contribution in [3.8, 4) is 17.2 Å². The van der Waals surface area contributed by atoms with E-state index in [4.69, 9.17) is 14.2 Å². The average molecular weight is 392 g/mol. The molecule has 1 amide bonds. The Morgan fingerprint density at radius 2 is 1.96 bits per heavy atom. The molecule has 1 aliphatic heterocycles. The average Bonchev–Trinajstić information content (AvgIpc) is 2.59. The van der Waals surface area contributed by atoms with Crippen LogP contribution in [0.2, 0.25) is 0 Å². The van der Waals surface area contributed by atoms with E-state index >= 15 is 0 Å². The van der Waals surface area contributed by atoms with Crippen molar-refractivity contribution in [2.24, 2.45) is 0 Å². The number of ether oxygens (including phenoxy) is 3. The van der Waals surface area contributed by atoms with Gasteiger partial charge in [-0.05, 0) is 36.8 Å². The maximum atomic E-state index is 12.0. The lowest BCUT2D eigenvalue weighted by Crippen LogP contribution is -2.16. The first-order valence-corrected chi connectivity index (χ1v) is 8.58. The minimum atomic E-state index is -0.0514. The molecule has 0 unspecified atom stereocenters. The predicted molar refractivity (Wildman–Crippen MR) is 94.9 cm³/mol. The number of benzene rings is 2. The third-order valence-electron chi connectivity index (χ3n) is 3.44. The highest BCUT2D eigenvalue weighted by molar-refractivity contribution is 9.10. The number of anilines is 1. The monoisotopic (exact) mass is 391 g/mol. The van der Waals surface area contributed by atoms with Crippen LogP contribution in [0.3, 0.4) is 0 Å². The molecule has 0 spiro atoms. The maximum absolute atomic E-state index is 12.0. The lowest BCUT2D eigenvalue weighted by atomic mass is 10.2. The highest BCUT2D eigenvalue weighted by atomic mass is 79.9. The minimum Gasteiger partial charge on any atom is -0.494 e. The third-order valence-corrected chi connectivity index (χ3v) is 3.93. The van der Waals surface area contributed by atoms with E-state index in [2.05, 4.69) is 21.2 Å². The van der Waals surface area contributed by atoms with Crippen molar-refractivity contribution in [3.05, 3.63) is 46.9 Å². The van der Waals surface area contributed by atoms with Crippen molar-refractivity contribution >= 4 is 27.5 Å². The molecule has 6 heteroatoms. The summed E-state index contributed by atoms with van der Waals surface area (Å²) in [5.74, 6) is 2.11. The summed E-state index contributed by atoms with van der Waals surface area (Å²) in [4.78, 5) is 12.0. The van der Waals surface area contributed by atoms with E-state index in [1.54, 1.807) is 12.1 Å². The molecule has 0 radical (unpaired) electrons. The third kappa shape index (κ3) is 4.64. The number of fused-ring (bicyclic) bond motifs is 1. The molecule has 0 bridgehead atoms. The van der Waals surface area contributed by atoms with E-state index in [1.807, 2.05) is 30.3 Å². The molecular formula is C18H18BrNO4. The Kier molecular flexibility index (Phi) is 5.59. The van der Waals surface area contributed by atoms with Crippen LogP contribution in [0.5, 0.6) is 17.2 Å². The number of hydrogen-bond acceptors (Lipinski definition) is 4. The summed E-state index contributed by atoms with van der Waals surface area (Å²) >= 11 is 3.39. The van der Waals surface area contributed by atoms with E-state index in [0.717, 1.165) is 10.2 Å². The predicted octanol–water partition coefficient (Wildman–Crippen LogP) is 4.02. The Hall–Kier alpha value is -2.21. The zero-order valence-corrected chi connectivity index (χ0v) is 14.7. The zero-order valence-electron chi connectivity index (χ0n) is 13.1. The van der Waals surface area contributed by atoms with Crippen LogP contribution in [0.1, 0.15) is 12.8 Å². The van der Waals surface area contributed by atoms with Gasteiger partial charge in [0.2, 0.25) is 5.91 Å².